The fraction of sp³-hybridized carbons (Fsp3) is 0.450. The molecule has 1 aromatic heterocycles. The summed E-state index contributed by atoms with van der Waals surface area (Å²) in [7, 11) is 0. The molecule has 2 rings (SSSR count). The molecule has 0 fully saturated rings. The summed E-state index contributed by atoms with van der Waals surface area (Å²) in [6.45, 7) is 13.1. The van der Waals surface area contributed by atoms with Gasteiger partial charge in [-0.1, -0.05) is 65.4 Å². The lowest BCUT2D eigenvalue weighted by molar-refractivity contribution is 0.317. The first kappa shape index (κ1) is 21.8. The van der Waals surface area contributed by atoms with E-state index in [4.69, 9.17) is 17.0 Å². The van der Waals surface area contributed by atoms with Gasteiger partial charge in [-0.2, -0.15) is 0 Å². The number of thiocarbonyl (C=S) groups is 1. The van der Waals surface area contributed by atoms with E-state index in [1.807, 2.05) is 32.9 Å². The summed E-state index contributed by atoms with van der Waals surface area (Å²) in [4.78, 5) is 2.13. The van der Waals surface area contributed by atoms with Gasteiger partial charge < -0.3 is 4.74 Å². The van der Waals surface area contributed by atoms with Crippen molar-refractivity contribution in [3.05, 3.63) is 40.6 Å². The van der Waals surface area contributed by atoms with Gasteiger partial charge in [0.25, 0.3) is 0 Å². The normalized spacial score (nSPS) is 9.13. The average Bonchev–Trinajstić information content (AvgIpc) is 3.06. The second-order valence-electron chi connectivity index (χ2n) is 4.84. The van der Waals surface area contributed by atoms with Crippen molar-refractivity contribution in [1.29, 1.82) is 0 Å². The van der Waals surface area contributed by atoms with Crippen LogP contribution in [0.15, 0.2) is 35.7 Å². The van der Waals surface area contributed by atoms with E-state index in [2.05, 4.69) is 44.4 Å². The van der Waals surface area contributed by atoms with Crippen LogP contribution in [0.5, 0.6) is 5.75 Å². The van der Waals surface area contributed by atoms with E-state index in [-0.39, 0.29) is 0 Å². The van der Waals surface area contributed by atoms with E-state index >= 15 is 0 Å². The van der Waals surface area contributed by atoms with Gasteiger partial charge in [-0.3, -0.25) is 0 Å². The highest BCUT2D eigenvalue weighted by atomic mass is 32.1. The van der Waals surface area contributed by atoms with Crippen LogP contribution in [-0.2, 0) is 0 Å². The summed E-state index contributed by atoms with van der Waals surface area (Å²) in [6.07, 6.45) is 2.28. The number of thiophene rings is 1. The largest absolute Gasteiger partial charge is 0.494 e. The molecular weight excluding hydrogens is 320 g/mol. The molecule has 1 nitrogen and oxygen atoms in total. The Balaban J connectivity index is 0.000000868. The molecule has 2 aromatic rings. The monoisotopic (exact) mass is 350 g/mol. The molecule has 0 aliphatic heterocycles. The van der Waals surface area contributed by atoms with Crippen LogP contribution < -0.4 is 4.74 Å². The van der Waals surface area contributed by atoms with Crippen LogP contribution in [0.1, 0.15) is 59.3 Å². The van der Waals surface area contributed by atoms with Gasteiger partial charge in [0.05, 0.1) is 6.61 Å². The average molecular weight is 351 g/mol. The second-order valence-corrected chi connectivity index (χ2v) is 6.36. The van der Waals surface area contributed by atoms with Crippen molar-refractivity contribution in [1.82, 2.24) is 0 Å². The van der Waals surface area contributed by atoms with Gasteiger partial charge in [0.15, 0.2) is 0 Å². The summed E-state index contributed by atoms with van der Waals surface area (Å²) in [5.74, 6) is 0.932. The van der Waals surface area contributed by atoms with Gasteiger partial charge in [0, 0.05) is 9.74 Å². The molecule has 0 N–H and O–H groups in total. The predicted molar refractivity (Wildman–Crippen MR) is 110 cm³/mol. The van der Waals surface area contributed by atoms with Gasteiger partial charge in [-0.05, 0) is 48.1 Å². The molecule has 0 aliphatic carbocycles. The smallest absolute Gasteiger partial charge is 0.119 e. The Hall–Kier alpha value is -1.19. The molecule has 0 amide bonds. The third-order valence-corrected chi connectivity index (χ3v) is 4.01. The molecule has 0 saturated carbocycles. The van der Waals surface area contributed by atoms with Crippen LogP contribution in [0.4, 0.5) is 0 Å². The van der Waals surface area contributed by atoms with Gasteiger partial charge in [0.2, 0.25) is 0 Å². The van der Waals surface area contributed by atoms with Crippen LogP contribution in [-0.4, -0.2) is 11.5 Å². The molecule has 0 atom stereocenters. The Labute approximate surface area is 151 Å². The molecular formula is C20H30OS2. The number of rotatable bonds is 5. The molecule has 3 heteroatoms. The number of benzene rings is 1. The molecule has 0 bridgehead atoms. The first-order chi connectivity index (χ1) is 11.1. The lowest BCUT2D eigenvalue weighted by atomic mass is 10.1. The molecule has 0 saturated heterocycles. The van der Waals surface area contributed by atoms with Crippen molar-refractivity contribution in [2.75, 3.05) is 6.61 Å². The molecule has 23 heavy (non-hydrogen) atoms. The van der Waals surface area contributed by atoms with Crippen LogP contribution in [0.25, 0.3) is 11.1 Å². The summed E-state index contributed by atoms with van der Waals surface area (Å²) in [6, 6.07) is 10.4. The Kier molecular flexibility index (Phi) is 12.6. The highest BCUT2D eigenvalue weighted by Gasteiger charge is 2.04. The van der Waals surface area contributed by atoms with Crippen molar-refractivity contribution >= 4 is 28.4 Å². The molecule has 0 aliphatic rings. The van der Waals surface area contributed by atoms with Crippen LogP contribution in [0.2, 0.25) is 0 Å². The molecule has 1 aromatic carbocycles. The fourth-order valence-corrected chi connectivity index (χ4v) is 2.66. The van der Waals surface area contributed by atoms with Crippen LogP contribution >= 0.6 is 23.6 Å². The zero-order chi connectivity index (χ0) is 17.7. The Morgan fingerprint density at radius 3 is 2.04 bits per heavy atom. The zero-order valence-corrected chi connectivity index (χ0v) is 16.9. The van der Waals surface area contributed by atoms with Gasteiger partial charge >= 0.3 is 0 Å². The minimum atomic E-state index is 0.770. The number of hydrogen-bond donors (Lipinski definition) is 0. The van der Waals surface area contributed by atoms with Crippen molar-refractivity contribution in [3.8, 4) is 16.9 Å². The minimum Gasteiger partial charge on any atom is -0.494 e. The van der Waals surface area contributed by atoms with E-state index in [9.17, 15) is 0 Å². The summed E-state index contributed by atoms with van der Waals surface area (Å²) < 4.78 is 5.57. The van der Waals surface area contributed by atoms with Crippen molar-refractivity contribution in [2.45, 2.75) is 54.4 Å². The Bertz CT molecular complexity index is 541. The summed E-state index contributed by atoms with van der Waals surface area (Å²) >= 11 is 6.88. The van der Waals surface area contributed by atoms with Crippen molar-refractivity contribution in [3.63, 3.8) is 0 Å². The van der Waals surface area contributed by atoms with Gasteiger partial charge in [-0.15, -0.1) is 11.3 Å². The highest BCUT2D eigenvalue weighted by Crippen LogP contribution is 2.27. The van der Waals surface area contributed by atoms with E-state index in [1.165, 1.54) is 22.4 Å². The Morgan fingerprint density at radius 1 is 1.04 bits per heavy atom. The third-order valence-electron chi connectivity index (χ3n) is 2.61. The second kappa shape index (κ2) is 13.3. The van der Waals surface area contributed by atoms with E-state index in [1.54, 1.807) is 11.3 Å². The Morgan fingerprint density at radius 2 is 1.61 bits per heavy atom. The number of ether oxygens (including phenoxy) is 1. The quantitative estimate of drug-likeness (QED) is 0.411. The van der Waals surface area contributed by atoms with E-state index < -0.39 is 0 Å². The predicted octanol–water partition coefficient (Wildman–Crippen LogP) is 7.38. The third kappa shape index (κ3) is 8.29. The molecule has 128 valence electrons. The molecule has 0 unspecified atom stereocenters. The van der Waals surface area contributed by atoms with Crippen LogP contribution in [0, 0.1) is 0 Å². The molecule has 1 heterocycles. The van der Waals surface area contributed by atoms with Crippen LogP contribution in [0.3, 0.4) is 0 Å². The SMILES string of the molecule is CC.CCC.CCCOc1ccc(-c2csc(C(C)=S)c2)cc1. The maximum absolute atomic E-state index is 5.57. The molecule has 0 spiro atoms. The van der Waals surface area contributed by atoms with Crippen molar-refractivity contribution in [2.24, 2.45) is 0 Å². The highest BCUT2D eigenvalue weighted by molar-refractivity contribution is 7.81. The molecule has 0 radical (unpaired) electrons. The minimum absolute atomic E-state index is 0.770. The standard InChI is InChI=1S/C15H16OS2.C3H8.C2H6/c1-3-8-16-14-6-4-12(5-7-14)13-9-15(11(2)17)18-10-13;1-3-2;1-2/h4-7,9-10H,3,8H2,1-2H3;3H2,1-2H3;1-2H3. The van der Waals surface area contributed by atoms with Crippen molar-refractivity contribution < 1.29 is 4.74 Å². The first-order valence-electron chi connectivity index (χ1n) is 8.45. The number of hydrogen-bond acceptors (Lipinski definition) is 3. The van der Waals surface area contributed by atoms with E-state index in [0.717, 1.165) is 23.6 Å². The van der Waals surface area contributed by atoms with E-state index in [0.29, 0.717) is 0 Å². The van der Waals surface area contributed by atoms with Gasteiger partial charge in [0.1, 0.15) is 5.75 Å². The first-order valence-corrected chi connectivity index (χ1v) is 9.73. The maximum atomic E-state index is 5.57. The topological polar surface area (TPSA) is 9.23 Å². The summed E-state index contributed by atoms with van der Waals surface area (Å²) in [5, 5.41) is 2.15. The zero-order valence-electron chi connectivity index (χ0n) is 15.3. The van der Waals surface area contributed by atoms with Gasteiger partial charge in [-0.25, -0.2) is 0 Å². The lowest BCUT2D eigenvalue weighted by Crippen LogP contribution is -1.94. The summed E-state index contributed by atoms with van der Waals surface area (Å²) in [5.41, 5.74) is 2.43. The fourth-order valence-electron chi connectivity index (χ4n) is 1.64. The lowest BCUT2D eigenvalue weighted by Gasteiger charge is -2.05. The maximum Gasteiger partial charge on any atom is 0.119 e.